The number of hydrogen-bond acceptors (Lipinski definition) is 4. The van der Waals surface area contributed by atoms with Crippen molar-refractivity contribution in [3.05, 3.63) is 81.8 Å². The summed E-state index contributed by atoms with van der Waals surface area (Å²) in [6.45, 7) is 2.72. The Labute approximate surface area is 185 Å². The molecule has 2 aliphatic rings. The lowest BCUT2D eigenvalue weighted by molar-refractivity contribution is -0.0217. The second kappa shape index (κ2) is 8.84. The Hall–Kier alpha value is -2.28. The number of halogens is 1. The van der Waals surface area contributed by atoms with E-state index in [0.29, 0.717) is 23.6 Å². The van der Waals surface area contributed by atoms with Crippen molar-refractivity contribution in [3.8, 4) is 0 Å². The first-order valence-corrected chi connectivity index (χ1v) is 11.0. The molecule has 0 spiro atoms. The van der Waals surface area contributed by atoms with Crippen LogP contribution in [0.25, 0.3) is 0 Å². The molecule has 30 heavy (non-hydrogen) atoms. The number of rotatable bonds is 5. The van der Waals surface area contributed by atoms with E-state index < -0.39 is 5.91 Å². The molecule has 0 saturated carbocycles. The van der Waals surface area contributed by atoms with Crippen LogP contribution >= 0.6 is 15.9 Å². The van der Waals surface area contributed by atoms with Crippen LogP contribution in [0, 0.1) is 0 Å². The molecule has 6 heteroatoms. The molecule has 156 valence electrons. The minimum atomic E-state index is -0.564. The number of primary amides is 1. The molecule has 2 aliphatic heterocycles. The highest BCUT2D eigenvalue weighted by Gasteiger charge is 2.49. The molecule has 4 rings (SSSR count). The molecular formula is C24H26BrN3O2. The Morgan fingerprint density at radius 1 is 1.03 bits per heavy atom. The summed E-state index contributed by atoms with van der Waals surface area (Å²) in [5, 5.41) is 0. The Bertz CT molecular complexity index is 973. The number of ketones is 1. The van der Waals surface area contributed by atoms with Crippen LogP contribution in [-0.2, 0) is 0 Å². The Morgan fingerprint density at radius 2 is 1.70 bits per heavy atom. The van der Waals surface area contributed by atoms with E-state index >= 15 is 0 Å². The quantitative estimate of drug-likeness (QED) is 0.539. The standard InChI is InChI=1S/C24H26BrN3O2/c1-27-12-4-5-13-28-20(14-22(29)18-6-2-3-7-19(18)24(26)30)23(21(28)15-27)16-8-10-17(25)11-9-16/h2-11,20-21,23H,12-15H2,1H3,(H2,26,30)/b5-4-/t20-,21+,23+/m1/s1. The fourth-order valence-electron chi connectivity index (χ4n) is 4.76. The molecule has 2 N–H and O–H groups in total. The first-order chi connectivity index (χ1) is 14.5. The van der Waals surface area contributed by atoms with Crippen LogP contribution in [0.3, 0.4) is 0 Å². The predicted octanol–water partition coefficient (Wildman–Crippen LogP) is 3.46. The number of Topliss-reactive ketones (excluding diaryl/α,β-unsaturated/α-hetero) is 1. The first-order valence-electron chi connectivity index (χ1n) is 10.2. The summed E-state index contributed by atoms with van der Waals surface area (Å²) >= 11 is 3.52. The molecule has 2 heterocycles. The van der Waals surface area contributed by atoms with Crippen LogP contribution in [0.1, 0.15) is 38.6 Å². The third-order valence-corrected chi connectivity index (χ3v) is 6.75. The monoisotopic (exact) mass is 467 g/mol. The molecule has 0 unspecified atom stereocenters. The highest BCUT2D eigenvalue weighted by molar-refractivity contribution is 9.10. The minimum Gasteiger partial charge on any atom is -0.366 e. The molecule has 0 radical (unpaired) electrons. The summed E-state index contributed by atoms with van der Waals surface area (Å²) in [4.78, 5) is 29.8. The number of nitrogens with two attached hydrogens (primary N) is 1. The van der Waals surface area contributed by atoms with Gasteiger partial charge < -0.3 is 10.6 Å². The summed E-state index contributed by atoms with van der Waals surface area (Å²) in [6, 6.07) is 15.7. The molecule has 2 aromatic rings. The smallest absolute Gasteiger partial charge is 0.249 e. The topological polar surface area (TPSA) is 66.6 Å². The Balaban J connectivity index is 1.64. The van der Waals surface area contributed by atoms with Crippen LogP contribution in [-0.4, -0.2) is 60.3 Å². The normalized spacial score (nSPS) is 25.5. The second-order valence-corrected chi connectivity index (χ2v) is 9.05. The van der Waals surface area contributed by atoms with E-state index in [9.17, 15) is 9.59 Å². The van der Waals surface area contributed by atoms with Crippen LogP contribution in [0.4, 0.5) is 0 Å². The molecule has 0 bridgehead atoms. The lowest BCUT2D eigenvalue weighted by Gasteiger charge is -2.57. The summed E-state index contributed by atoms with van der Waals surface area (Å²) in [5.41, 5.74) is 7.47. The summed E-state index contributed by atoms with van der Waals surface area (Å²) in [5.74, 6) is -0.336. The molecule has 0 aliphatic carbocycles. The first kappa shape index (κ1) is 21.0. The number of benzene rings is 2. The number of fused-ring (bicyclic) bond motifs is 1. The number of carbonyl (C=O) groups is 2. The highest BCUT2D eigenvalue weighted by Crippen LogP contribution is 2.43. The Morgan fingerprint density at radius 3 is 2.40 bits per heavy atom. The molecule has 1 amide bonds. The third-order valence-electron chi connectivity index (χ3n) is 6.22. The average molecular weight is 468 g/mol. The fourth-order valence-corrected chi connectivity index (χ4v) is 5.03. The second-order valence-electron chi connectivity index (χ2n) is 8.14. The zero-order valence-corrected chi connectivity index (χ0v) is 18.6. The third kappa shape index (κ3) is 4.13. The van der Waals surface area contributed by atoms with E-state index in [1.165, 1.54) is 5.56 Å². The van der Waals surface area contributed by atoms with Gasteiger partial charge in [0, 0.05) is 59.7 Å². The molecule has 1 fully saturated rings. The van der Waals surface area contributed by atoms with Crippen molar-refractivity contribution in [2.24, 2.45) is 5.73 Å². The number of nitrogens with zero attached hydrogens (tertiary/aromatic N) is 2. The van der Waals surface area contributed by atoms with Crippen molar-refractivity contribution in [3.63, 3.8) is 0 Å². The van der Waals surface area contributed by atoms with Gasteiger partial charge in [-0.1, -0.05) is 58.4 Å². The maximum absolute atomic E-state index is 13.2. The molecule has 1 saturated heterocycles. The number of amides is 1. The number of carbonyl (C=O) groups excluding carboxylic acids is 2. The van der Waals surface area contributed by atoms with Gasteiger partial charge in [0.1, 0.15) is 0 Å². The van der Waals surface area contributed by atoms with Gasteiger partial charge in [0.15, 0.2) is 5.78 Å². The van der Waals surface area contributed by atoms with E-state index in [1.807, 2.05) is 0 Å². The van der Waals surface area contributed by atoms with Gasteiger partial charge in [-0.2, -0.15) is 0 Å². The van der Waals surface area contributed by atoms with Gasteiger partial charge in [-0.25, -0.2) is 0 Å². The van der Waals surface area contributed by atoms with Crippen molar-refractivity contribution in [1.29, 1.82) is 0 Å². The zero-order valence-electron chi connectivity index (χ0n) is 17.0. The highest BCUT2D eigenvalue weighted by atomic mass is 79.9. The summed E-state index contributed by atoms with van der Waals surface area (Å²) in [6.07, 6.45) is 4.73. The van der Waals surface area contributed by atoms with Crippen LogP contribution in [0.2, 0.25) is 0 Å². The fraction of sp³-hybridized carbons (Fsp3) is 0.333. The van der Waals surface area contributed by atoms with Gasteiger partial charge in [-0.05, 0) is 30.8 Å². The largest absolute Gasteiger partial charge is 0.366 e. The van der Waals surface area contributed by atoms with Gasteiger partial charge in [0.2, 0.25) is 5.91 Å². The molecule has 5 nitrogen and oxygen atoms in total. The minimum absolute atomic E-state index is 0.0330. The maximum atomic E-state index is 13.2. The van der Waals surface area contributed by atoms with Crippen molar-refractivity contribution in [2.45, 2.75) is 24.4 Å². The summed E-state index contributed by atoms with van der Waals surface area (Å²) < 4.78 is 1.04. The van der Waals surface area contributed by atoms with Gasteiger partial charge in [0.05, 0.1) is 0 Å². The molecule has 2 aromatic carbocycles. The molecular weight excluding hydrogens is 442 g/mol. The lowest BCUT2D eigenvalue weighted by atomic mass is 9.72. The SMILES string of the molecule is CN1C/C=C\CN2[C@H](CC(=O)c3ccccc3C(N)=O)[C@H](c3ccc(Br)cc3)[C@@H]2C1. The predicted molar refractivity (Wildman–Crippen MR) is 122 cm³/mol. The summed E-state index contributed by atoms with van der Waals surface area (Å²) in [7, 11) is 2.13. The van der Waals surface area contributed by atoms with E-state index in [1.54, 1.807) is 24.3 Å². The van der Waals surface area contributed by atoms with E-state index in [4.69, 9.17) is 5.73 Å². The molecule has 0 aromatic heterocycles. The Kier molecular flexibility index (Phi) is 6.18. The maximum Gasteiger partial charge on any atom is 0.249 e. The van der Waals surface area contributed by atoms with Gasteiger partial charge in [-0.15, -0.1) is 0 Å². The van der Waals surface area contributed by atoms with E-state index in [0.717, 1.165) is 24.1 Å². The zero-order chi connectivity index (χ0) is 21.3. The van der Waals surface area contributed by atoms with Crippen LogP contribution in [0.5, 0.6) is 0 Å². The van der Waals surface area contributed by atoms with Crippen LogP contribution < -0.4 is 5.73 Å². The average Bonchev–Trinajstić information content (AvgIpc) is 2.72. The van der Waals surface area contributed by atoms with Gasteiger partial charge >= 0.3 is 0 Å². The van der Waals surface area contributed by atoms with Gasteiger partial charge in [0.25, 0.3) is 0 Å². The van der Waals surface area contributed by atoms with Crippen molar-refractivity contribution in [2.75, 3.05) is 26.7 Å². The van der Waals surface area contributed by atoms with Crippen molar-refractivity contribution < 1.29 is 9.59 Å². The van der Waals surface area contributed by atoms with E-state index in [-0.39, 0.29) is 17.7 Å². The van der Waals surface area contributed by atoms with Crippen molar-refractivity contribution in [1.82, 2.24) is 9.80 Å². The number of likely N-dealkylation sites (N-methyl/N-ethyl adjacent to an activating group) is 1. The van der Waals surface area contributed by atoms with E-state index in [2.05, 4.69) is 69.2 Å². The van der Waals surface area contributed by atoms with Crippen LogP contribution in [0.15, 0.2) is 65.2 Å². The van der Waals surface area contributed by atoms with Gasteiger partial charge in [-0.3, -0.25) is 14.5 Å². The van der Waals surface area contributed by atoms with Crippen molar-refractivity contribution >= 4 is 27.6 Å². The number of hydrogen-bond donors (Lipinski definition) is 1. The lowest BCUT2D eigenvalue weighted by Crippen LogP contribution is -2.66. The molecule has 3 atom stereocenters.